The van der Waals surface area contributed by atoms with Gasteiger partial charge in [-0.1, -0.05) is 6.92 Å². The van der Waals surface area contributed by atoms with Gasteiger partial charge in [-0.25, -0.2) is 9.59 Å². The molecule has 0 radical (unpaired) electrons. The average molecular weight is 342 g/mol. The number of halogens is 6. The van der Waals surface area contributed by atoms with Gasteiger partial charge in [0.25, 0.3) is 0 Å². The molecular formula is C10H16F6N2O4. The van der Waals surface area contributed by atoms with Gasteiger partial charge in [-0.3, -0.25) is 0 Å². The van der Waals surface area contributed by atoms with Gasteiger partial charge in [0.05, 0.1) is 0 Å². The number of hydrogen-bond donors (Lipinski definition) is 4. The molecule has 6 nitrogen and oxygen atoms in total. The summed E-state index contributed by atoms with van der Waals surface area (Å²) in [4.78, 5) is 17.8. The van der Waals surface area contributed by atoms with E-state index in [4.69, 9.17) is 19.8 Å². The molecule has 1 heterocycles. The number of piperazine rings is 1. The molecule has 1 fully saturated rings. The maximum Gasteiger partial charge on any atom is 0.490 e. The van der Waals surface area contributed by atoms with E-state index in [2.05, 4.69) is 17.6 Å². The zero-order chi connectivity index (χ0) is 18.0. The van der Waals surface area contributed by atoms with Crippen molar-refractivity contribution in [2.45, 2.75) is 31.7 Å². The van der Waals surface area contributed by atoms with Gasteiger partial charge in [-0.2, -0.15) is 26.3 Å². The van der Waals surface area contributed by atoms with Crippen molar-refractivity contribution in [3.8, 4) is 0 Å². The minimum atomic E-state index is -5.08. The molecule has 1 aliphatic heterocycles. The summed E-state index contributed by atoms with van der Waals surface area (Å²) in [5.74, 6) is -5.51. The Morgan fingerprint density at radius 3 is 1.50 bits per heavy atom. The second-order valence-corrected chi connectivity index (χ2v) is 3.87. The fraction of sp³-hybridized carbons (Fsp3) is 0.800. The van der Waals surface area contributed by atoms with Gasteiger partial charge < -0.3 is 20.8 Å². The summed E-state index contributed by atoms with van der Waals surface area (Å²) in [5, 5.41) is 21.0. The first-order valence-electron chi connectivity index (χ1n) is 5.86. The molecule has 0 aromatic rings. The molecule has 0 unspecified atom stereocenters. The highest BCUT2D eigenvalue weighted by Gasteiger charge is 2.38. The molecule has 0 aliphatic carbocycles. The van der Waals surface area contributed by atoms with E-state index in [0.717, 1.165) is 25.7 Å². The third-order valence-electron chi connectivity index (χ3n) is 2.10. The van der Waals surface area contributed by atoms with Gasteiger partial charge in [0.15, 0.2) is 0 Å². The Kier molecular flexibility index (Phi) is 10.5. The molecule has 12 heteroatoms. The van der Waals surface area contributed by atoms with Crippen LogP contribution in [0.4, 0.5) is 26.3 Å². The molecule has 0 aromatic carbocycles. The van der Waals surface area contributed by atoms with Crippen molar-refractivity contribution in [1.82, 2.24) is 10.6 Å². The van der Waals surface area contributed by atoms with Crippen molar-refractivity contribution < 1.29 is 46.1 Å². The van der Waals surface area contributed by atoms with Gasteiger partial charge in [-0.05, 0) is 6.42 Å². The summed E-state index contributed by atoms with van der Waals surface area (Å²) in [6, 6.07) is 0.726. The van der Waals surface area contributed by atoms with Gasteiger partial charge in [0.1, 0.15) is 0 Å². The molecule has 4 N–H and O–H groups in total. The Balaban J connectivity index is 0. The predicted molar refractivity (Wildman–Crippen MR) is 62.3 cm³/mol. The van der Waals surface area contributed by atoms with Crippen molar-refractivity contribution >= 4 is 11.9 Å². The van der Waals surface area contributed by atoms with Crippen LogP contribution in [0.2, 0.25) is 0 Å². The topological polar surface area (TPSA) is 98.7 Å². The van der Waals surface area contributed by atoms with E-state index >= 15 is 0 Å². The number of nitrogens with one attached hydrogen (secondary N) is 2. The lowest BCUT2D eigenvalue weighted by molar-refractivity contribution is -0.193. The molecule has 132 valence electrons. The Bertz CT molecular complexity index is 315. The minimum Gasteiger partial charge on any atom is -0.475 e. The Labute approximate surface area is 121 Å². The number of carboxylic acid groups (broad SMARTS) is 2. The zero-order valence-corrected chi connectivity index (χ0v) is 11.4. The standard InChI is InChI=1S/C6H14N2.2C2HF3O2/c1-2-6-5-7-3-4-8-6;2*3-2(4,5)1(6)7/h6-8H,2-5H2,1H3;2*(H,6,7)/t6-;;/m1../s1. The van der Waals surface area contributed by atoms with Gasteiger partial charge >= 0.3 is 24.3 Å². The Morgan fingerprint density at radius 1 is 1.00 bits per heavy atom. The molecule has 22 heavy (non-hydrogen) atoms. The van der Waals surface area contributed by atoms with Gasteiger partial charge in [0.2, 0.25) is 0 Å². The minimum absolute atomic E-state index is 0.726. The van der Waals surface area contributed by atoms with E-state index < -0.39 is 24.3 Å². The quantitative estimate of drug-likeness (QED) is 0.535. The van der Waals surface area contributed by atoms with E-state index in [1.165, 1.54) is 6.42 Å². The summed E-state index contributed by atoms with van der Waals surface area (Å²) in [7, 11) is 0. The van der Waals surface area contributed by atoms with Crippen LogP contribution in [0.5, 0.6) is 0 Å². The van der Waals surface area contributed by atoms with E-state index in [0.29, 0.717) is 0 Å². The summed E-state index contributed by atoms with van der Waals surface area (Å²) in [6.45, 7) is 5.64. The fourth-order valence-electron chi connectivity index (χ4n) is 1.00. The van der Waals surface area contributed by atoms with Crippen LogP contribution in [0.1, 0.15) is 13.3 Å². The molecule has 1 atom stereocenters. The summed E-state index contributed by atoms with van der Waals surface area (Å²) < 4.78 is 63.5. The summed E-state index contributed by atoms with van der Waals surface area (Å²) in [5.41, 5.74) is 0. The van der Waals surface area contributed by atoms with Gasteiger partial charge in [0, 0.05) is 25.7 Å². The number of carbonyl (C=O) groups is 2. The monoisotopic (exact) mass is 342 g/mol. The molecule has 0 bridgehead atoms. The molecule has 1 rings (SSSR count). The molecule has 1 aliphatic rings. The van der Waals surface area contributed by atoms with E-state index in [-0.39, 0.29) is 0 Å². The highest BCUT2D eigenvalue weighted by molar-refractivity contribution is 5.73. The Hall–Kier alpha value is -1.56. The number of rotatable bonds is 1. The third-order valence-corrected chi connectivity index (χ3v) is 2.10. The van der Waals surface area contributed by atoms with Crippen molar-refractivity contribution in [1.29, 1.82) is 0 Å². The first kappa shape index (κ1) is 22.7. The van der Waals surface area contributed by atoms with Crippen LogP contribution < -0.4 is 10.6 Å². The lowest BCUT2D eigenvalue weighted by atomic mass is 10.2. The molecular weight excluding hydrogens is 326 g/mol. The highest BCUT2D eigenvalue weighted by Crippen LogP contribution is 2.13. The maximum atomic E-state index is 10.6. The summed E-state index contributed by atoms with van der Waals surface area (Å²) >= 11 is 0. The van der Waals surface area contributed by atoms with Crippen molar-refractivity contribution in [3.63, 3.8) is 0 Å². The first-order valence-corrected chi connectivity index (χ1v) is 5.86. The first-order chi connectivity index (χ1) is 9.82. The largest absolute Gasteiger partial charge is 0.490 e. The molecule has 0 aromatic heterocycles. The predicted octanol–water partition coefficient (Wildman–Crippen LogP) is 1.22. The van der Waals surface area contributed by atoms with E-state index in [1.807, 2.05) is 0 Å². The van der Waals surface area contributed by atoms with Crippen LogP contribution in [-0.2, 0) is 9.59 Å². The van der Waals surface area contributed by atoms with E-state index in [9.17, 15) is 26.3 Å². The Morgan fingerprint density at radius 2 is 1.36 bits per heavy atom. The van der Waals surface area contributed by atoms with E-state index in [1.54, 1.807) is 0 Å². The van der Waals surface area contributed by atoms with Crippen LogP contribution in [0.3, 0.4) is 0 Å². The van der Waals surface area contributed by atoms with Crippen molar-refractivity contribution in [3.05, 3.63) is 0 Å². The fourth-order valence-corrected chi connectivity index (χ4v) is 1.00. The molecule has 1 saturated heterocycles. The second kappa shape index (κ2) is 10.2. The maximum absolute atomic E-state index is 10.6. The smallest absolute Gasteiger partial charge is 0.475 e. The zero-order valence-electron chi connectivity index (χ0n) is 11.4. The number of hydrogen-bond acceptors (Lipinski definition) is 4. The number of carboxylic acids is 2. The second-order valence-electron chi connectivity index (χ2n) is 3.87. The lowest BCUT2D eigenvalue weighted by Crippen LogP contribution is -2.47. The molecule has 0 spiro atoms. The normalized spacial score (nSPS) is 18.2. The van der Waals surface area contributed by atoms with Gasteiger partial charge in [-0.15, -0.1) is 0 Å². The van der Waals surface area contributed by atoms with Crippen molar-refractivity contribution in [2.24, 2.45) is 0 Å². The van der Waals surface area contributed by atoms with Crippen LogP contribution in [0, 0.1) is 0 Å². The average Bonchev–Trinajstić information content (AvgIpc) is 2.39. The van der Waals surface area contributed by atoms with Crippen LogP contribution in [0.15, 0.2) is 0 Å². The number of alkyl halides is 6. The highest BCUT2D eigenvalue weighted by atomic mass is 19.4. The third kappa shape index (κ3) is 13.4. The van der Waals surface area contributed by atoms with Crippen LogP contribution >= 0.6 is 0 Å². The molecule has 0 saturated carbocycles. The molecule has 0 amide bonds. The number of aliphatic carboxylic acids is 2. The lowest BCUT2D eigenvalue weighted by Gasteiger charge is -2.22. The van der Waals surface area contributed by atoms with Crippen molar-refractivity contribution in [2.75, 3.05) is 19.6 Å². The van der Waals surface area contributed by atoms with Crippen LogP contribution in [0.25, 0.3) is 0 Å². The summed E-state index contributed by atoms with van der Waals surface area (Å²) in [6.07, 6.45) is -8.92. The SMILES string of the molecule is CC[C@@H]1CNCCN1.O=C(O)C(F)(F)F.O=C(O)C(F)(F)F. The van der Waals surface area contributed by atoms with Crippen LogP contribution in [-0.4, -0.2) is 60.2 Å².